The minimum absolute atomic E-state index is 0.0909. The molecule has 1 unspecified atom stereocenters. The number of aliphatic carboxylic acids is 1. The van der Waals surface area contributed by atoms with Crippen LogP contribution in [0.15, 0.2) is 31.0 Å². The number of aromatic nitrogens is 1. The molecule has 24 heavy (non-hydrogen) atoms. The van der Waals surface area contributed by atoms with Gasteiger partial charge >= 0.3 is 12.1 Å². The van der Waals surface area contributed by atoms with Gasteiger partial charge in [0.15, 0.2) is 16.9 Å². The van der Waals surface area contributed by atoms with Crippen molar-refractivity contribution in [1.29, 1.82) is 0 Å². The van der Waals surface area contributed by atoms with Gasteiger partial charge in [-0.15, -0.1) is 0 Å². The number of alkyl halides is 3. The first kappa shape index (κ1) is 17.8. The van der Waals surface area contributed by atoms with Crippen LogP contribution >= 0.6 is 0 Å². The van der Waals surface area contributed by atoms with Crippen molar-refractivity contribution in [3.8, 4) is 5.75 Å². The summed E-state index contributed by atoms with van der Waals surface area (Å²) in [5, 5.41) is 9.03. The summed E-state index contributed by atoms with van der Waals surface area (Å²) in [6.07, 6.45) is -2.91. The molecule has 1 atom stereocenters. The maximum atomic E-state index is 13.2. The second-order valence-electron chi connectivity index (χ2n) is 5.31. The number of hydrogen-bond acceptors (Lipinski definition) is 4. The molecule has 0 aliphatic carbocycles. The lowest BCUT2D eigenvalue weighted by Gasteiger charge is -2.27. The number of halogens is 3. The number of rotatable bonds is 5. The molecule has 9 heteroatoms. The summed E-state index contributed by atoms with van der Waals surface area (Å²) >= 11 is 0. The molecule has 1 amide bonds. The van der Waals surface area contributed by atoms with Crippen molar-refractivity contribution in [2.75, 3.05) is 19.7 Å². The Bertz CT molecular complexity index is 662. The Labute approximate surface area is 135 Å². The minimum Gasteiger partial charge on any atom is -0.487 e. The number of carbonyl (C=O) groups is 2. The highest BCUT2D eigenvalue weighted by Gasteiger charge is 2.64. The number of pyridine rings is 1. The van der Waals surface area contributed by atoms with Crippen LogP contribution in [-0.4, -0.2) is 52.7 Å². The molecule has 0 saturated carbocycles. The highest BCUT2D eigenvalue weighted by molar-refractivity contribution is 5.95. The van der Waals surface area contributed by atoms with E-state index in [1.54, 1.807) is 0 Å². The predicted octanol–water partition coefficient (Wildman–Crippen LogP) is 2.13. The van der Waals surface area contributed by atoms with E-state index in [-0.39, 0.29) is 24.6 Å². The molecular formula is C15H15F3N2O4. The summed E-state index contributed by atoms with van der Waals surface area (Å²) in [6, 6.07) is 2.96. The van der Waals surface area contributed by atoms with E-state index >= 15 is 0 Å². The van der Waals surface area contributed by atoms with E-state index in [4.69, 9.17) is 9.84 Å². The topological polar surface area (TPSA) is 79.7 Å². The van der Waals surface area contributed by atoms with Gasteiger partial charge in [-0.25, -0.2) is 4.98 Å². The third-order valence-corrected chi connectivity index (χ3v) is 3.84. The molecule has 1 aromatic heterocycles. The van der Waals surface area contributed by atoms with Crippen LogP contribution in [0.25, 0.3) is 0 Å². The lowest BCUT2D eigenvalue weighted by molar-refractivity contribution is -0.227. The molecule has 6 nitrogen and oxygen atoms in total. The Morgan fingerprint density at radius 1 is 1.50 bits per heavy atom. The van der Waals surface area contributed by atoms with Crippen molar-refractivity contribution in [1.82, 2.24) is 9.88 Å². The van der Waals surface area contributed by atoms with E-state index in [9.17, 15) is 22.8 Å². The van der Waals surface area contributed by atoms with Gasteiger partial charge in [0.1, 0.15) is 6.61 Å². The first-order valence-electron chi connectivity index (χ1n) is 7.01. The van der Waals surface area contributed by atoms with Gasteiger partial charge in [0.25, 0.3) is 5.91 Å². The van der Waals surface area contributed by atoms with Crippen LogP contribution in [0.3, 0.4) is 0 Å². The van der Waals surface area contributed by atoms with Crippen LogP contribution in [0.5, 0.6) is 5.75 Å². The van der Waals surface area contributed by atoms with Crippen LogP contribution in [0.2, 0.25) is 0 Å². The van der Waals surface area contributed by atoms with Crippen LogP contribution in [-0.2, 0) is 4.79 Å². The predicted molar refractivity (Wildman–Crippen MR) is 76.6 cm³/mol. The summed E-state index contributed by atoms with van der Waals surface area (Å²) in [6.45, 7) is 2.27. The normalized spacial score (nSPS) is 20.7. The van der Waals surface area contributed by atoms with Crippen molar-refractivity contribution in [2.45, 2.75) is 12.6 Å². The zero-order valence-corrected chi connectivity index (χ0v) is 12.5. The molecule has 1 fully saturated rings. The second kappa shape index (κ2) is 6.50. The smallest absolute Gasteiger partial charge is 0.406 e. The molecule has 0 bridgehead atoms. The number of hydrogen-bond donors (Lipinski definition) is 1. The summed E-state index contributed by atoms with van der Waals surface area (Å²) in [5.74, 6) is -2.70. The number of ether oxygens (including phenoxy) is 1. The molecular weight excluding hydrogens is 329 g/mol. The maximum Gasteiger partial charge on any atom is 0.406 e. The average Bonchev–Trinajstić information content (AvgIpc) is 2.99. The summed E-state index contributed by atoms with van der Waals surface area (Å²) in [7, 11) is 0. The molecule has 1 N–H and O–H groups in total. The molecule has 2 rings (SSSR count). The van der Waals surface area contributed by atoms with Crippen LogP contribution in [0.4, 0.5) is 13.2 Å². The van der Waals surface area contributed by atoms with Gasteiger partial charge in [0, 0.05) is 19.3 Å². The Kier molecular flexibility index (Phi) is 4.81. The Morgan fingerprint density at radius 2 is 2.21 bits per heavy atom. The van der Waals surface area contributed by atoms with Gasteiger partial charge in [0.2, 0.25) is 0 Å². The van der Waals surface area contributed by atoms with E-state index in [0.717, 1.165) is 4.90 Å². The quantitative estimate of drug-likeness (QED) is 0.828. The van der Waals surface area contributed by atoms with E-state index in [1.807, 2.05) is 0 Å². The number of carbonyl (C=O) groups excluding carboxylic acids is 1. The lowest BCUT2D eigenvalue weighted by Crippen LogP contribution is -2.47. The fourth-order valence-corrected chi connectivity index (χ4v) is 2.48. The van der Waals surface area contributed by atoms with Gasteiger partial charge in [-0.2, -0.15) is 13.2 Å². The first-order valence-corrected chi connectivity index (χ1v) is 7.01. The van der Waals surface area contributed by atoms with Gasteiger partial charge in [-0.3, -0.25) is 9.59 Å². The van der Waals surface area contributed by atoms with E-state index in [0.29, 0.717) is 0 Å². The zero-order chi connectivity index (χ0) is 18.0. The summed E-state index contributed by atoms with van der Waals surface area (Å²) in [4.78, 5) is 28.3. The lowest BCUT2D eigenvalue weighted by atomic mass is 9.86. The Balaban J connectivity index is 2.27. The largest absolute Gasteiger partial charge is 0.487 e. The Morgan fingerprint density at radius 3 is 2.75 bits per heavy atom. The molecule has 130 valence electrons. The highest BCUT2D eigenvalue weighted by Crippen LogP contribution is 2.46. The van der Waals surface area contributed by atoms with Crippen molar-refractivity contribution in [3.63, 3.8) is 0 Å². The van der Waals surface area contributed by atoms with Crippen LogP contribution < -0.4 is 4.74 Å². The van der Waals surface area contributed by atoms with Crippen molar-refractivity contribution < 1.29 is 32.6 Å². The zero-order valence-electron chi connectivity index (χ0n) is 12.5. The third kappa shape index (κ3) is 3.06. The van der Waals surface area contributed by atoms with Gasteiger partial charge < -0.3 is 14.7 Å². The van der Waals surface area contributed by atoms with Gasteiger partial charge in [-0.1, -0.05) is 12.7 Å². The molecule has 0 radical (unpaired) electrons. The monoisotopic (exact) mass is 344 g/mol. The molecule has 1 aliphatic heterocycles. The molecule has 2 heterocycles. The second-order valence-corrected chi connectivity index (χ2v) is 5.31. The van der Waals surface area contributed by atoms with Crippen molar-refractivity contribution in [2.24, 2.45) is 5.41 Å². The molecule has 0 aromatic carbocycles. The number of likely N-dealkylation sites (tertiary alicyclic amines) is 1. The molecule has 1 saturated heterocycles. The maximum absolute atomic E-state index is 13.2. The fourth-order valence-electron chi connectivity index (χ4n) is 2.48. The number of amides is 1. The van der Waals surface area contributed by atoms with Crippen molar-refractivity contribution >= 4 is 11.9 Å². The molecule has 1 aromatic rings. The summed E-state index contributed by atoms with van der Waals surface area (Å²) in [5.41, 5.74) is -3.12. The van der Waals surface area contributed by atoms with E-state index < -0.39 is 36.4 Å². The summed E-state index contributed by atoms with van der Waals surface area (Å²) < 4.78 is 44.8. The van der Waals surface area contributed by atoms with Crippen molar-refractivity contribution in [3.05, 3.63) is 36.7 Å². The fraction of sp³-hybridized carbons (Fsp3) is 0.400. The standard InChI is InChI=1S/C15H15F3N2O4/c1-2-8-24-10-4-3-6-19-11(10)12(21)20-7-5-14(9-20,13(22)23)15(16,17)18/h2-4,6H,1,5,7-9H2,(H,22,23). The van der Waals surface area contributed by atoms with Crippen LogP contribution in [0, 0.1) is 5.41 Å². The Hall–Kier alpha value is -2.58. The number of carboxylic acids is 1. The van der Waals surface area contributed by atoms with Crippen LogP contribution in [0.1, 0.15) is 16.9 Å². The SMILES string of the molecule is C=CCOc1cccnc1C(=O)N1CCC(C(=O)O)(C(F)(F)F)C1. The molecule has 0 spiro atoms. The number of nitrogens with zero attached hydrogens (tertiary/aromatic N) is 2. The highest BCUT2D eigenvalue weighted by atomic mass is 19.4. The minimum atomic E-state index is -4.96. The van der Waals surface area contributed by atoms with Gasteiger partial charge in [-0.05, 0) is 18.6 Å². The third-order valence-electron chi connectivity index (χ3n) is 3.84. The van der Waals surface area contributed by atoms with Gasteiger partial charge in [0.05, 0.1) is 0 Å². The van der Waals surface area contributed by atoms with E-state index in [2.05, 4.69) is 11.6 Å². The van der Waals surface area contributed by atoms with E-state index in [1.165, 1.54) is 24.4 Å². The molecule has 1 aliphatic rings. The first-order chi connectivity index (χ1) is 11.2. The number of carboxylic acid groups (broad SMARTS) is 1. The average molecular weight is 344 g/mol.